The number of benzene rings is 3. The molecule has 0 heterocycles. The molecule has 1 amide bonds. The standard InChI is InChI=1S/C20H20N2O3S/c1-15-10-12-17(13-11-15)22(26(2,24)25)14-20(23)21-19-9-5-7-16-6-3-4-8-18(16)19/h3-13H,14H2,1-2H3,(H,21,23). The first-order chi connectivity index (χ1) is 12.3. The van der Waals surface area contributed by atoms with E-state index in [1.807, 2.05) is 55.5 Å². The molecule has 6 heteroatoms. The van der Waals surface area contributed by atoms with Gasteiger partial charge in [0.2, 0.25) is 15.9 Å². The third kappa shape index (κ3) is 4.03. The summed E-state index contributed by atoms with van der Waals surface area (Å²) in [6.45, 7) is 1.63. The number of nitrogens with one attached hydrogen (secondary N) is 1. The Morgan fingerprint density at radius 3 is 2.31 bits per heavy atom. The Kier molecular flexibility index (Phi) is 4.95. The Morgan fingerprint density at radius 2 is 1.62 bits per heavy atom. The number of carbonyl (C=O) groups excluding carboxylic acids is 1. The molecule has 0 aliphatic heterocycles. The molecule has 0 radical (unpaired) electrons. The van der Waals surface area contributed by atoms with Gasteiger partial charge in [-0.3, -0.25) is 9.10 Å². The van der Waals surface area contributed by atoms with Gasteiger partial charge in [0.1, 0.15) is 6.54 Å². The summed E-state index contributed by atoms with van der Waals surface area (Å²) in [4.78, 5) is 12.5. The molecule has 0 bridgehead atoms. The third-order valence-electron chi connectivity index (χ3n) is 4.07. The molecule has 0 saturated carbocycles. The fourth-order valence-corrected chi connectivity index (χ4v) is 3.62. The Hall–Kier alpha value is -2.86. The van der Waals surface area contributed by atoms with Crippen molar-refractivity contribution in [2.75, 3.05) is 22.4 Å². The second kappa shape index (κ2) is 7.17. The molecular formula is C20H20N2O3S. The zero-order valence-corrected chi connectivity index (χ0v) is 15.5. The van der Waals surface area contributed by atoms with Crippen LogP contribution in [0.1, 0.15) is 5.56 Å². The maximum atomic E-state index is 12.5. The van der Waals surface area contributed by atoms with Crippen LogP contribution in [-0.4, -0.2) is 27.1 Å². The molecule has 0 spiro atoms. The van der Waals surface area contributed by atoms with Crippen molar-refractivity contribution >= 4 is 38.1 Å². The molecule has 0 aromatic heterocycles. The Morgan fingerprint density at radius 1 is 0.962 bits per heavy atom. The summed E-state index contributed by atoms with van der Waals surface area (Å²) in [5, 5.41) is 4.73. The SMILES string of the molecule is Cc1ccc(N(CC(=O)Nc2cccc3ccccc23)S(C)(=O)=O)cc1. The van der Waals surface area contributed by atoms with E-state index in [1.165, 1.54) is 0 Å². The molecule has 5 nitrogen and oxygen atoms in total. The van der Waals surface area contributed by atoms with Crippen LogP contribution < -0.4 is 9.62 Å². The second-order valence-electron chi connectivity index (χ2n) is 6.18. The fraction of sp³-hybridized carbons (Fsp3) is 0.150. The number of nitrogens with zero attached hydrogens (tertiary/aromatic N) is 1. The maximum Gasteiger partial charge on any atom is 0.245 e. The number of fused-ring (bicyclic) bond motifs is 1. The minimum Gasteiger partial charge on any atom is -0.324 e. The summed E-state index contributed by atoms with van der Waals surface area (Å²) in [6.07, 6.45) is 1.10. The predicted octanol–water partition coefficient (Wildman–Crippen LogP) is 3.55. The van der Waals surface area contributed by atoms with Crippen LogP contribution in [0, 0.1) is 6.92 Å². The minimum atomic E-state index is -3.59. The number of rotatable bonds is 5. The van der Waals surface area contributed by atoms with E-state index in [-0.39, 0.29) is 6.54 Å². The highest BCUT2D eigenvalue weighted by atomic mass is 32.2. The van der Waals surface area contributed by atoms with Crippen LogP contribution in [-0.2, 0) is 14.8 Å². The van der Waals surface area contributed by atoms with Crippen molar-refractivity contribution in [3.8, 4) is 0 Å². The van der Waals surface area contributed by atoms with Gasteiger partial charge in [-0.15, -0.1) is 0 Å². The largest absolute Gasteiger partial charge is 0.324 e. The average Bonchev–Trinajstić information content (AvgIpc) is 2.60. The van der Waals surface area contributed by atoms with E-state index in [4.69, 9.17) is 0 Å². The lowest BCUT2D eigenvalue weighted by Gasteiger charge is -2.22. The number of aryl methyl sites for hydroxylation is 1. The van der Waals surface area contributed by atoms with E-state index in [0.717, 1.165) is 26.9 Å². The first-order valence-corrected chi connectivity index (χ1v) is 10.0. The van der Waals surface area contributed by atoms with Crippen molar-refractivity contribution in [3.63, 3.8) is 0 Å². The number of amides is 1. The van der Waals surface area contributed by atoms with Gasteiger partial charge in [-0.25, -0.2) is 8.42 Å². The molecule has 0 unspecified atom stereocenters. The zero-order valence-electron chi connectivity index (χ0n) is 14.6. The second-order valence-corrected chi connectivity index (χ2v) is 8.09. The van der Waals surface area contributed by atoms with E-state index >= 15 is 0 Å². The van der Waals surface area contributed by atoms with Crippen LogP contribution in [0.3, 0.4) is 0 Å². The highest BCUT2D eigenvalue weighted by Crippen LogP contribution is 2.23. The lowest BCUT2D eigenvalue weighted by atomic mass is 10.1. The first-order valence-electron chi connectivity index (χ1n) is 8.16. The first kappa shape index (κ1) is 17.9. The summed E-state index contributed by atoms with van der Waals surface area (Å²) in [5.74, 6) is -0.396. The lowest BCUT2D eigenvalue weighted by molar-refractivity contribution is -0.114. The number of anilines is 2. The van der Waals surface area contributed by atoms with Crippen LogP contribution >= 0.6 is 0 Å². The van der Waals surface area contributed by atoms with Crippen LogP contribution in [0.25, 0.3) is 10.8 Å². The van der Waals surface area contributed by atoms with Crippen molar-refractivity contribution in [1.29, 1.82) is 0 Å². The number of carbonyl (C=O) groups is 1. The number of hydrogen-bond acceptors (Lipinski definition) is 3. The van der Waals surface area contributed by atoms with Gasteiger partial charge in [0, 0.05) is 11.1 Å². The molecule has 3 aromatic rings. The van der Waals surface area contributed by atoms with E-state index in [9.17, 15) is 13.2 Å². The van der Waals surface area contributed by atoms with Gasteiger partial charge in [-0.1, -0.05) is 54.1 Å². The molecule has 0 aliphatic carbocycles. The van der Waals surface area contributed by atoms with Crippen LogP contribution in [0.2, 0.25) is 0 Å². The molecule has 3 rings (SSSR count). The highest BCUT2D eigenvalue weighted by Gasteiger charge is 2.21. The third-order valence-corrected chi connectivity index (χ3v) is 5.21. The van der Waals surface area contributed by atoms with Gasteiger partial charge in [0.05, 0.1) is 11.9 Å². The fourth-order valence-electron chi connectivity index (χ4n) is 2.77. The quantitative estimate of drug-likeness (QED) is 0.749. The molecule has 1 N–H and O–H groups in total. The van der Waals surface area contributed by atoms with Gasteiger partial charge in [0.25, 0.3) is 0 Å². The summed E-state index contributed by atoms with van der Waals surface area (Å²) in [7, 11) is -3.59. The summed E-state index contributed by atoms with van der Waals surface area (Å²) < 4.78 is 25.4. The smallest absolute Gasteiger partial charge is 0.245 e. The van der Waals surface area contributed by atoms with Crippen molar-refractivity contribution in [2.24, 2.45) is 0 Å². The highest BCUT2D eigenvalue weighted by molar-refractivity contribution is 7.92. The molecule has 26 heavy (non-hydrogen) atoms. The van der Waals surface area contributed by atoms with E-state index < -0.39 is 15.9 Å². The molecule has 0 atom stereocenters. The molecule has 134 valence electrons. The van der Waals surface area contributed by atoms with Gasteiger partial charge >= 0.3 is 0 Å². The lowest BCUT2D eigenvalue weighted by Crippen LogP contribution is -2.37. The topological polar surface area (TPSA) is 66.5 Å². The van der Waals surface area contributed by atoms with Crippen LogP contribution in [0.4, 0.5) is 11.4 Å². The Bertz CT molecular complexity index is 1040. The molecular weight excluding hydrogens is 348 g/mol. The van der Waals surface area contributed by atoms with E-state index in [1.54, 1.807) is 18.2 Å². The van der Waals surface area contributed by atoms with Crippen LogP contribution in [0.15, 0.2) is 66.7 Å². The van der Waals surface area contributed by atoms with Gasteiger partial charge in [0.15, 0.2) is 0 Å². The monoisotopic (exact) mass is 368 g/mol. The van der Waals surface area contributed by atoms with Crippen molar-refractivity contribution in [1.82, 2.24) is 0 Å². The molecule has 0 saturated heterocycles. The number of sulfonamides is 1. The van der Waals surface area contributed by atoms with Crippen molar-refractivity contribution in [3.05, 3.63) is 72.3 Å². The number of hydrogen-bond donors (Lipinski definition) is 1. The summed E-state index contributed by atoms with van der Waals surface area (Å²) in [5.41, 5.74) is 2.14. The van der Waals surface area contributed by atoms with Gasteiger partial charge in [-0.2, -0.15) is 0 Å². The summed E-state index contributed by atoms with van der Waals surface area (Å²) >= 11 is 0. The zero-order chi connectivity index (χ0) is 18.7. The van der Waals surface area contributed by atoms with Gasteiger partial charge in [-0.05, 0) is 30.5 Å². The van der Waals surface area contributed by atoms with Crippen LogP contribution in [0.5, 0.6) is 0 Å². The Labute approximate surface area is 153 Å². The average molecular weight is 368 g/mol. The normalized spacial score (nSPS) is 11.3. The van der Waals surface area contributed by atoms with E-state index in [2.05, 4.69) is 5.32 Å². The molecule has 3 aromatic carbocycles. The van der Waals surface area contributed by atoms with E-state index in [0.29, 0.717) is 11.4 Å². The molecule has 0 aliphatic rings. The maximum absolute atomic E-state index is 12.5. The van der Waals surface area contributed by atoms with Crippen molar-refractivity contribution in [2.45, 2.75) is 6.92 Å². The van der Waals surface area contributed by atoms with Crippen molar-refractivity contribution < 1.29 is 13.2 Å². The predicted molar refractivity (Wildman–Crippen MR) is 106 cm³/mol. The van der Waals surface area contributed by atoms with Gasteiger partial charge < -0.3 is 5.32 Å². The summed E-state index contributed by atoms with van der Waals surface area (Å²) in [6, 6.07) is 20.3. The Balaban J connectivity index is 1.85. The minimum absolute atomic E-state index is 0.287. The molecule has 0 fully saturated rings.